The third-order valence-electron chi connectivity index (χ3n) is 5.75. The topological polar surface area (TPSA) is 123 Å². The van der Waals surface area contributed by atoms with Gasteiger partial charge >= 0.3 is 0 Å². The number of aromatic amines is 1. The van der Waals surface area contributed by atoms with E-state index in [4.69, 9.17) is 14.5 Å². The second-order valence-electron chi connectivity index (χ2n) is 8.24. The van der Waals surface area contributed by atoms with E-state index in [9.17, 15) is 9.18 Å². The number of nitrogens with zero attached hydrogens (tertiary/aromatic N) is 5. The molecule has 38 heavy (non-hydrogen) atoms. The molecular weight excluding hydrogens is 501 g/mol. The van der Waals surface area contributed by atoms with E-state index in [-0.39, 0.29) is 58.4 Å². The number of nitriles is 1. The predicted octanol–water partition coefficient (Wildman–Crippen LogP) is 4.28. The van der Waals surface area contributed by atoms with E-state index in [2.05, 4.69) is 20.3 Å². The number of ether oxygens (including phenoxy) is 1. The van der Waals surface area contributed by atoms with Crippen LogP contribution in [0, 0.1) is 28.8 Å². The van der Waals surface area contributed by atoms with E-state index in [0.717, 1.165) is 18.2 Å². The lowest BCUT2D eigenvalue weighted by Crippen LogP contribution is -2.04. The van der Waals surface area contributed by atoms with Crippen molar-refractivity contribution in [3.05, 3.63) is 105 Å². The van der Waals surface area contributed by atoms with Crippen LogP contribution in [-0.4, -0.2) is 24.9 Å². The Morgan fingerprint density at radius 3 is 2.58 bits per heavy atom. The first-order valence-corrected chi connectivity index (χ1v) is 11.2. The monoisotopic (exact) mass is 518 g/mol. The molecule has 3 heterocycles. The molecule has 0 spiro atoms. The summed E-state index contributed by atoms with van der Waals surface area (Å²) in [6.45, 7) is -0.171. The van der Waals surface area contributed by atoms with Crippen molar-refractivity contribution in [2.45, 2.75) is 13.0 Å². The van der Waals surface area contributed by atoms with Crippen LogP contribution >= 0.6 is 0 Å². The maximum absolute atomic E-state index is 15.1. The number of benzene rings is 2. The second-order valence-corrected chi connectivity index (χ2v) is 8.24. The van der Waals surface area contributed by atoms with Gasteiger partial charge in [0, 0.05) is 30.7 Å². The summed E-state index contributed by atoms with van der Waals surface area (Å²) in [6, 6.07) is 13.7. The molecule has 3 aromatic heterocycles. The Bertz CT molecular complexity index is 1750. The Morgan fingerprint density at radius 2 is 1.84 bits per heavy atom. The number of nitrogens with one attached hydrogen (secondary N) is 1. The fraction of sp³-hybridized carbons (Fsp3) is 0.115. The molecule has 0 amide bonds. The normalized spacial score (nSPS) is 10.9. The fourth-order valence-corrected chi connectivity index (χ4v) is 3.74. The Kier molecular flexibility index (Phi) is 6.49. The van der Waals surface area contributed by atoms with Crippen molar-refractivity contribution in [2.75, 3.05) is 0 Å². The van der Waals surface area contributed by atoms with Crippen LogP contribution in [0.15, 0.2) is 63.9 Å². The molecule has 190 valence electrons. The highest BCUT2D eigenvalue weighted by molar-refractivity contribution is 5.61. The Balaban J connectivity index is 1.35. The molecule has 2 aromatic carbocycles. The summed E-state index contributed by atoms with van der Waals surface area (Å²) in [7, 11) is 1.61. The fourth-order valence-electron chi connectivity index (χ4n) is 3.74. The van der Waals surface area contributed by atoms with Gasteiger partial charge in [0.15, 0.2) is 0 Å². The number of rotatable bonds is 7. The number of hydrogen-bond donors (Lipinski definition) is 1. The predicted molar refractivity (Wildman–Crippen MR) is 127 cm³/mol. The number of H-pyrrole nitrogens is 1. The minimum Gasteiger partial charge on any atom is -0.473 e. The van der Waals surface area contributed by atoms with Gasteiger partial charge in [-0.1, -0.05) is 12.1 Å². The lowest BCUT2D eigenvalue weighted by atomic mass is 10.0. The minimum atomic E-state index is -0.719. The highest BCUT2D eigenvalue weighted by atomic mass is 19.1. The third-order valence-corrected chi connectivity index (χ3v) is 5.75. The summed E-state index contributed by atoms with van der Waals surface area (Å²) in [6.07, 6.45) is -0.0755. The van der Waals surface area contributed by atoms with E-state index in [1.807, 2.05) is 6.07 Å². The van der Waals surface area contributed by atoms with E-state index >= 15 is 8.78 Å². The van der Waals surface area contributed by atoms with Crippen LogP contribution in [0.4, 0.5) is 13.2 Å². The lowest BCUT2D eigenvalue weighted by molar-refractivity contribution is 0.288. The zero-order valence-electron chi connectivity index (χ0n) is 19.7. The molecule has 12 heteroatoms. The van der Waals surface area contributed by atoms with Crippen molar-refractivity contribution in [2.24, 2.45) is 7.05 Å². The molecule has 0 atom stereocenters. The van der Waals surface area contributed by atoms with E-state index in [1.54, 1.807) is 13.1 Å². The second kappa shape index (κ2) is 10.1. The molecule has 0 fully saturated rings. The van der Waals surface area contributed by atoms with Gasteiger partial charge in [0.1, 0.15) is 29.9 Å². The van der Waals surface area contributed by atoms with Crippen LogP contribution < -0.4 is 10.3 Å². The van der Waals surface area contributed by atoms with Crippen molar-refractivity contribution in [3.8, 4) is 34.8 Å². The first kappa shape index (κ1) is 24.5. The SMILES string of the molecule is Cn1c(Cc2cc(F)c(-c3cccc(OCc4ccc(C#N)cc4F)n3)cc2F)nnc1-c1cc(=O)[nH]o1. The first-order valence-electron chi connectivity index (χ1n) is 11.2. The van der Waals surface area contributed by atoms with Gasteiger partial charge < -0.3 is 13.8 Å². The molecule has 0 aliphatic heterocycles. The molecule has 5 rings (SSSR count). The first-order chi connectivity index (χ1) is 18.3. The Hall–Kier alpha value is -5.18. The Morgan fingerprint density at radius 1 is 1.03 bits per heavy atom. The van der Waals surface area contributed by atoms with E-state index < -0.39 is 23.0 Å². The summed E-state index contributed by atoms with van der Waals surface area (Å²) in [4.78, 5) is 15.5. The van der Waals surface area contributed by atoms with Gasteiger partial charge in [0.05, 0.1) is 23.4 Å². The lowest BCUT2D eigenvalue weighted by Gasteiger charge is -2.10. The summed E-state index contributed by atoms with van der Waals surface area (Å²) in [5, 5.41) is 19.0. The Labute approximate surface area is 212 Å². The molecule has 1 N–H and O–H groups in total. The molecule has 0 bridgehead atoms. The molecule has 0 unspecified atom stereocenters. The zero-order chi connectivity index (χ0) is 26.8. The maximum Gasteiger partial charge on any atom is 0.280 e. The molecule has 0 saturated carbocycles. The summed E-state index contributed by atoms with van der Waals surface area (Å²) in [5.74, 6) is -1.20. The van der Waals surface area contributed by atoms with Gasteiger partial charge in [-0.15, -0.1) is 10.2 Å². The largest absolute Gasteiger partial charge is 0.473 e. The summed E-state index contributed by atoms with van der Waals surface area (Å²) in [5.41, 5.74) is 0.0118. The van der Waals surface area contributed by atoms with Crippen LogP contribution in [-0.2, 0) is 20.1 Å². The third kappa shape index (κ3) is 4.90. The van der Waals surface area contributed by atoms with Gasteiger partial charge in [-0.25, -0.2) is 18.2 Å². The summed E-state index contributed by atoms with van der Waals surface area (Å²) < 4.78 is 56.3. The smallest absolute Gasteiger partial charge is 0.280 e. The average Bonchev–Trinajstić information content (AvgIpc) is 3.50. The van der Waals surface area contributed by atoms with Crippen molar-refractivity contribution in [3.63, 3.8) is 0 Å². The molecule has 0 aliphatic rings. The van der Waals surface area contributed by atoms with E-state index in [1.165, 1.54) is 34.9 Å². The molecule has 0 aliphatic carbocycles. The average molecular weight is 518 g/mol. The number of halogens is 3. The van der Waals surface area contributed by atoms with Crippen LogP contribution in [0.1, 0.15) is 22.5 Å². The summed E-state index contributed by atoms with van der Waals surface area (Å²) >= 11 is 0. The quantitative estimate of drug-likeness (QED) is 0.341. The molecule has 0 radical (unpaired) electrons. The molecular formula is C26H17F3N6O3. The number of pyridine rings is 1. The van der Waals surface area contributed by atoms with Crippen LogP contribution in [0.25, 0.3) is 22.8 Å². The van der Waals surface area contributed by atoms with Crippen molar-refractivity contribution < 1.29 is 22.4 Å². The van der Waals surface area contributed by atoms with Gasteiger partial charge in [-0.05, 0) is 35.9 Å². The maximum atomic E-state index is 15.1. The van der Waals surface area contributed by atoms with Crippen molar-refractivity contribution in [1.82, 2.24) is 24.9 Å². The van der Waals surface area contributed by atoms with Gasteiger partial charge in [0.25, 0.3) is 5.56 Å². The molecule has 5 aromatic rings. The van der Waals surface area contributed by atoms with Crippen molar-refractivity contribution >= 4 is 0 Å². The zero-order valence-corrected chi connectivity index (χ0v) is 19.7. The molecule has 0 saturated heterocycles. The standard InChI is InChI=1S/C26H17F3N6O3/c1-35-23(32-33-26(35)22-11-24(36)34-38-22)9-16-8-20(29)17(10-19(16)28)21-3-2-4-25(31-21)37-13-15-6-5-14(12-30)7-18(15)27/h2-8,10-11H,9,13H2,1H3,(H,34,36). The van der Waals surface area contributed by atoms with E-state index in [0.29, 0.717) is 5.82 Å². The van der Waals surface area contributed by atoms with Gasteiger partial charge in [0.2, 0.25) is 17.5 Å². The van der Waals surface area contributed by atoms with Gasteiger partial charge in [-0.2, -0.15) is 10.4 Å². The van der Waals surface area contributed by atoms with Crippen LogP contribution in [0.5, 0.6) is 5.88 Å². The highest BCUT2D eigenvalue weighted by Crippen LogP contribution is 2.27. The minimum absolute atomic E-state index is 0.0347. The molecule has 9 nitrogen and oxygen atoms in total. The van der Waals surface area contributed by atoms with Gasteiger partial charge in [-0.3, -0.25) is 4.79 Å². The highest BCUT2D eigenvalue weighted by Gasteiger charge is 2.19. The van der Waals surface area contributed by atoms with Crippen LogP contribution in [0.3, 0.4) is 0 Å². The number of hydrogen-bond acceptors (Lipinski definition) is 7. The number of aromatic nitrogens is 5. The van der Waals surface area contributed by atoms with Crippen LogP contribution in [0.2, 0.25) is 0 Å². The van der Waals surface area contributed by atoms with Crippen molar-refractivity contribution in [1.29, 1.82) is 5.26 Å².